The molecule has 0 radical (unpaired) electrons. The molecule has 0 unspecified atom stereocenters. The number of aryl methyl sites for hydroxylation is 1. The summed E-state index contributed by atoms with van der Waals surface area (Å²) in [7, 11) is 1.84. The van der Waals surface area contributed by atoms with Crippen LogP contribution < -0.4 is 5.32 Å². The van der Waals surface area contributed by atoms with E-state index in [0.29, 0.717) is 6.54 Å². The van der Waals surface area contributed by atoms with Crippen molar-refractivity contribution in [2.75, 3.05) is 19.0 Å². The van der Waals surface area contributed by atoms with Crippen molar-refractivity contribution in [2.24, 2.45) is 0 Å². The van der Waals surface area contributed by atoms with Crippen molar-refractivity contribution in [3.05, 3.63) is 23.8 Å². The van der Waals surface area contributed by atoms with E-state index in [2.05, 4.69) is 16.4 Å². The summed E-state index contributed by atoms with van der Waals surface area (Å²) in [5, 5.41) is 12.0. The third-order valence-corrected chi connectivity index (χ3v) is 2.45. The van der Waals surface area contributed by atoms with Gasteiger partial charge in [-0.1, -0.05) is 6.07 Å². The van der Waals surface area contributed by atoms with E-state index in [4.69, 9.17) is 5.11 Å². The van der Waals surface area contributed by atoms with Crippen LogP contribution in [0.3, 0.4) is 0 Å². The number of aromatic nitrogens is 2. The number of aliphatic hydroxyl groups is 1. The van der Waals surface area contributed by atoms with Crippen LogP contribution in [0.1, 0.15) is 5.56 Å². The Morgan fingerprint density at radius 3 is 2.93 bits per heavy atom. The number of imidazole rings is 1. The van der Waals surface area contributed by atoms with Crippen LogP contribution in [0.15, 0.2) is 18.2 Å². The number of benzene rings is 1. The van der Waals surface area contributed by atoms with Crippen LogP contribution in [0, 0.1) is 6.92 Å². The lowest BCUT2D eigenvalue weighted by molar-refractivity contribution is 0.278. The third-order valence-electron chi connectivity index (χ3n) is 2.45. The van der Waals surface area contributed by atoms with Gasteiger partial charge in [-0.25, -0.2) is 4.98 Å². The van der Waals surface area contributed by atoms with Crippen LogP contribution in [0.25, 0.3) is 11.0 Å². The second-order valence-electron chi connectivity index (χ2n) is 3.55. The highest BCUT2D eigenvalue weighted by Gasteiger charge is 2.08. The summed E-state index contributed by atoms with van der Waals surface area (Å²) in [6.07, 6.45) is 0. The molecule has 0 atom stereocenters. The molecule has 2 rings (SSSR count). The molecule has 0 aliphatic heterocycles. The fraction of sp³-hybridized carbons (Fsp3) is 0.364. The number of rotatable bonds is 3. The second kappa shape index (κ2) is 3.90. The zero-order valence-corrected chi connectivity index (χ0v) is 8.99. The predicted octanol–water partition coefficient (Wildman–Crippen LogP) is 1.38. The molecule has 1 aromatic heterocycles. The summed E-state index contributed by atoms with van der Waals surface area (Å²) in [6.45, 7) is 2.73. The van der Waals surface area contributed by atoms with E-state index in [9.17, 15) is 0 Å². The average molecular weight is 205 g/mol. The van der Waals surface area contributed by atoms with Crippen LogP contribution in [0.5, 0.6) is 0 Å². The molecule has 80 valence electrons. The molecule has 0 fully saturated rings. The van der Waals surface area contributed by atoms with Crippen LogP contribution in [0.2, 0.25) is 0 Å². The average Bonchev–Trinajstić information content (AvgIpc) is 2.56. The van der Waals surface area contributed by atoms with Crippen LogP contribution in [0.4, 0.5) is 5.95 Å². The minimum atomic E-state index is 0.119. The topological polar surface area (TPSA) is 50.1 Å². The largest absolute Gasteiger partial charge is 0.395 e. The van der Waals surface area contributed by atoms with E-state index < -0.39 is 0 Å². The summed E-state index contributed by atoms with van der Waals surface area (Å²) in [6, 6.07) is 6.13. The second-order valence-corrected chi connectivity index (χ2v) is 3.55. The molecule has 2 N–H and O–H groups in total. The van der Waals surface area contributed by atoms with Gasteiger partial charge in [0.25, 0.3) is 0 Å². The van der Waals surface area contributed by atoms with Crippen LogP contribution in [-0.2, 0) is 6.54 Å². The van der Waals surface area contributed by atoms with Crippen molar-refractivity contribution >= 4 is 17.0 Å². The smallest absolute Gasteiger partial charge is 0.203 e. The predicted molar refractivity (Wildman–Crippen MR) is 61.1 cm³/mol. The van der Waals surface area contributed by atoms with Gasteiger partial charge in [0.2, 0.25) is 5.95 Å². The highest BCUT2D eigenvalue weighted by Crippen LogP contribution is 2.20. The minimum absolute atomic E-state index is 0.119. The van der Waals surface area contributed by atoms with Gasteiger partial charge in [-0.2, -0.15) is 0 Å². The number of aliphatic hydroxyl groups excluding tert-OH is 1. The normalized spacial score (nSPS) is 10.9. The van der Waals surface area contributed by atoms with E-state index in [1.54, 1.807) is 0 Å². The lowest BCUT2D eigenvalue weighted by atomic mass is 10.2. The lowest BCUT2D eigenvalue weighted by Crippen LogP contribution is -2.06. The number of hydrogen-bond acceptors (Lipinski definition) is 3. The van der Waals surface area contributed by atoms with E-state index in [1.165, 1.54) is 5.56 Å². The zero-order chi connectivity index (χ0) is 10.8. The molecule has 15 heavy (non-hydrogen) atoms. The Kier molecular flexibility index (Phi) is 2.60. The molecular formula is C11H15N3O. The first-order valence-corrected chi connectivity index (χ1v) is 5.01. The van der Waals surface area contributed by atoms with Gasteiger partial charge in [0.1, 0.15) is 0 Å². The zero-order valence-electron chi connectivity index (χ0n) is 8.99. The van der Waals surface area contributed by atoms with Gasteiger partial charge >= 0.3 is 0 Å². The molecule has 2 aromatic rings. The molecule has 1 heterocycles. The van der Waals surface area contributed by atoms with Crippen molar-refractivity contribution in [2.45, 2.75) is 13.5 Å². The van der Waals surface area contributed by atoms with E-state index in [-0.39, 0.29) is 6.61 Å². The van der Waals surface area contributed by atoms with Crippen LogP contribution >= 0.6 is 0 Å². The van der Waals surface area contributed by atoms with Gasteiger partial charge in [-0.05, 0) is 24.6 Å². The number of nitrogens with one attached hydrogen (secondary N) is 1. The molecule has 0 amide bonds. The van der Waals surface area contributed by atoms with E-state index in [0.717, 1.165) is 17.0 Å². The maximum Gasteiger partial charge on any atom is 0.203 e. The van der Waals surface area contributed by atoms with Crippen molar-refractivity contribution in [3.8, 4) is 0 Å². The minimum Gasteiger partial charge on any atom is -0.395 e. The Hall–Kier alpha value is -1.55. The highest BCUT2D eigenvalue weighted by atomic mass is 16.3. The SMILES string of the molecule is CNc1nc2cc(C)ccc2n1CCO. The molecule has 0 aliphatic carbocycles. The molecule has 4 nitrogen and oxygen atoms in total. The number of fused-ring (bicyclic) bond motifs is 1. The Morgan fingerprint density at radius 2 is 2.27 bits per heavy atom. The number of hydrogen-bond donors (Lipinski definition) is 2. The first-order valence-electron chi connectivity index (χ1n) is 5.01. The molecule has 0 aliphatic rings. The number of anilines is 1. The van der Waals surface area contributed by atoms with Crippen molar-refractivity contribution < 1.29 is 5.11 Å². The quantitative estimate of drug-likeness (QED) is 0.796. The molecule has 4 heteroatoms. The summed E-state index contributed by atoms with van der Waals surface area (Å²) in [5.41, 5.74) is 3.21. The fourth-order valence-electron chi connectivity index (χ4n) is 1.76. The Balaban J connectivity index is 2.63. The number of nitrogens with zero attached hydrogens (tertiary/aromatic N) is 2. The van der Waals surface area contributed by atoms with E-state index >= 15 is 0 Å². The summed E-state index contributed by atoms with van der Waals surface area (Å²) >= 11 is 0. The molecule has 0 bridgehead atoms. The first-order chi connectivity index (χ1) is 7.26. The van der Waals surface area contributed by atoms with Gasteiger partial charge < -0.3 is 15.0 Å². The molecule has 0 saturated carbocycles. The monoisotopic (exact) mass is 205 g/mol. The summed E-state index contributed by atoms with van der Waals surface area (Å²) < 4.78 is 1.98. The van der Waals surface area contributed by atoms with Crippen LogP contribution in [-0.4, -0.2) is 28.3 Å². The summed E-state index contributed by atoms with van der Waals surface area (Å²) in [5.74, 6) is 0.796. The standard InChI is InChI=1S/C11H15N3O/c1-8-3-4-10-9(7-8)13-11(12-2)14(10)5-6-15/h3-4,7,15H,5-6H2,1-2H3,(H,12,13). The van der Waals surface area contributed by atoms with Gasteiger partial charge in [-0.3, -0.25) is 0 Å². The fourth-order valence-corrected chi connectivity index (χ4v) is 1.76. The van der Waals surface area contributed by atoms with Crippen molar-refractivity contribution in [3.63, 3.8) is 0 Å². The van der Waals surface area contributed by atoms with Crippen molar-refractivity contribution in [1.82, 2.24) is 9.55 Å². The maximum absolute atomic E-state index is 9.00. The van der Waals surface area contributed by atoms with Gasteiger partial charge in [-0.15, -0.1) is 0 Å². The van der Waals surface area contributed by atoms with Crippen molar-refractivity contribution in [1.29, 1.82) is 0 Å². The Labute approximate surface area is 88.6 Å². The lowest BCUT2D eigenvalue weighted by Gasteiger charge is -2.05. The molecule has 0 saturated heterocycles. The Morgan fingerprint density at radius 1 is 1.47 bits per heavy atom. The Bertz CT molecular complexity index is 476. The molecule has 0 spiro atoms. The highest BCUT2D eigenvalue weighted by molar-refractivity contribution is 5.79. The first kappa shape index (κ1) is 9.98. The van der Waals surface area contributed by atoms with Gasteiger partial charge in [0.05, 0.1) is 17.6 Å². The third kappa shape index (κ3) is 1.68. The summed E-state index contributed by atoms with van der Waals surface area (Å²) in [4.78, 5) is 4.45. The molecule has 1 aromatic carbocycles. The van der Waals surface area contributed by atoms with E-state index in [1.807, 2.05) is 30.7 Å². The maximum atomic E-state index is 9.00. The van der Waals surface area contributed by atoms with Gasteiger partial charge in [0, 0.05) is 13.6 Å². The molecular weight excluding hydrogens is 190 g/mol. The van der Waals surface area contributed by atoms with Gasteiger partial charge in [0.15, 0.2) is 0 Å².